The summed E-state index contributed by atoms with van der Waals surface area (Å²) in [6.45, 7) is -0.600. The van der Waals surface area contributed by atoms with Gasteiger partial charge in [0.25, 0.3) is 0 Å². The third-order valence-electron chi connectivity index (χ3n) is 3.07. The van der Waals surface area contributed by atoms with E-state index < -0.39 is 28.3 Å². The van der Waals surface area contributed by atoms with Crippen molar-refractivity contribution in [1.29, 1.82) is 0 Å². The summed E-state index contributed by atoms with van der Waals surface area (Å²) in [4.78, 5) is 11.8. The summed E-state index contributed by atoms with van der Waals surface area (Å²) in [5.41, 5.74) is 0.518. The minimum Gasteiger partial charge on any atom is -0.394 e. The number of sulfone groups is 1. The molecule has 1 saturated carbocycles. The first-order valence-corrected chi connectivity index (χ1v) is 7.75. The predicted octanol–water partition coefficient (Wildman–Crippen LogP) is 0.406. The summed E-state index contributed by atoms with van der Waals surface area (Å²) in [6.07, 6.45) is 0.515. The Morgan fingerprint density at radius 1 is 1.26 bits per heavy atom. The van der Waals surface area contributed by atoms with Crippen molar-refractivity contribution in [3.05, 3.63) is 29.8 Å². The van der Waals surface area contributed by atoms with Crippen molar-refractivity contribution in [2.45, 2.75) is 23.8 Å². The molecule has 104 valence electrons. The summed E-state index contributed by atoms with van der Waals surface area (Å²) in [5.74, 6) is -0.377. The van der Waals surface area contributed by atoms with Gasteiger partial charge in [0.05, 0.1) is 23.4 Å². The second-order valence-electron chi connectivity index (χ2n) is 4.78. The van der Waals surface area contributed by atoms with Crippen LogP contribution in [0.4, 0.5) is 0 Å². The standard InChI is InChI=1S/C13H16O5S/c14-7-11(15)8-19(17,18)12-5-3-10(4-6-12)13(16)9-1-2-9/h3-6,9,11,14-15H,1-2,7-8H2. The highest BCUT2D eigenvalue weighted by molar-refractivity contribution is 7.91. The van der Waals surface area contributed by atoms with Crippen LogP contribution >= 0.6 is 0 Å². The maximum Gasteiger partial charge on any atom is 0.181 e. The molecule has 1 aromatic rings. The van der Waals surface area contributed by atoms with Crippen molar-refractivity contribution < 1.29 is 23.4 Å². The van der Waals surface area contributed by atoms with Crippen LogP contribution in [-0.4, -0.2) is 42.9 Å². The Hall–Kier alpha value is -1.24. The molecule has 0 spiro atoms. The summed E-state index contributed by atoms with van der Waals surface area (Å²) in [7, 11) is -3.64. The van der Waals surface area contributed by atoms with Gasteiger partial charge in [0.15, 0.2) is 15.6 Å². The van der Waals surface area contributed by atoms with Crippen molar-refractivity contribution >= 4 is 15.6 Å². The molecule has 0 saturated heterocycles. The topological polar surface area (TPSA) is 91.7 Å². The number of rotatable bonds is 6. The molecular weight excluding hydrogens is 268 g/mol. The predicted molar refractivity (Wildman–Crippen MR) is 68.6 cm³/mol. The van der Waals surface area contributed by atoms with E-state index in [1.54, 1.807) is 0 Å². The number of carbonyl (C=O) groups excluding carboxylic acids is 1. The fourth-order valence-corrected chi connectivity index (χ4v) is 3.17. The second-order valence-corrected chi connectivity index (χ2v) is 6.81. The third kappa shape index (κ3) is 3.40. The van der Waals surface area contributed by atoms with E-state index in [2.05, 4.69) is 0 Å². The van der Waals surface area contributed by atoms with Gasteiger partial charge >= 0.3 is 0 Å². The number of Topliss-reactive ketones (excluding diaryl/α,β-unsaturated/α-hetero) is 1. The highest BCUT2D eigenvalue weighted by Gasteiger charge is 2.30. The van der Waals surface area contributed by atoms with E-state index >= 15 is 0 Å². The summed E-state index contributed by atoms with van der Waals surface area (Å²) in [5, 5.41) is 17.9. The molecule has 0 heterocycles. The van der Waals surface area contributed by atoms with E-state index in [1.165, 1.54) is 24.3 Å². The zero-order valence-electron chi connectivity index (χ0n) is 10.3. The maximum absolute atomic E-state index is 11.9. The molecule has 2 rings (SSSR count). The molecule has 0 amide bonds. The van der Waals surface area contributed by atoms with Crippen LogP contribution in [0.25, 0.3) is 0 Å². The highest BCUT2D eigenvalue weighted by Crippen LogP contribution is 2.32. The van der Waals surface area contributed by atoms with E-state index in [-0.39, 0.29) is 16.6 Å². The Kier molecular flexibility index (Phi) is 4.03. The molecule has 1 atom stereocenters. The van der Waals surface area contributed by atoms with Gasteiger partial charge < -0.3 is 10.2 Å². The fourth-order valence-electron chi connectivity index (χ4n) is 1.81. The fraction of sp³-hybridized carbons (Fsp3) is 0.462. The van der Waals surface area contributed by atoms with Gasteiger partial charge in [0.1, 0.15) is 0 Å². The zero-order valence-corrected chi connectivity index (χ0v) is 11.1. The van der Waals surface area contributed by atoms with Gasteiger partial charge in [-0.25, -0.2) is 8.42 Å². The zero-order chi connectivity index (χ0) is 14.0. The minimum atomic E-state index is -3.64. The van der Waals surface area contributed by atoms with E-state index in [0.29, 0.717) is 5.56 Å². The van der Waals surface area contributed by atoms with Crippen molar-refractivity contribution in [3.63, 3.8) is 0 Å². The number of hydrogen-bond acceptors (Lipinski definition) is 5. The lowest BCUT2D eigenvalue weighted by molar-refractivity contribution is 0.0967. The Balaban J connectivity index is 2.15. The van der Waals surface area contributed by atoms with Gasteiger partial charge in [-0.3, -0.25) is 4.79 Å². The molecule has 2 N–H and O–H groups in total. The van der Waals surface area contributed by atoms with E-state index in [1.807, 2.05) is 0 Å². The molecule has 0 bridgehead atoms. The molecule has 1 unspecified atom stereocenters. The lowest BCUT2D eigenvalue weighted by atomic mass is 10.1. The molecule has 1 aliphatic rings. The van der Waals surface area contributed by atoms with Crippen LogP contribution in [0, 0.1) is 5.92 Å². The highest BCUT2D eigenvalue weighted by atomic mass is 32.2. The molecule has 1 fully saturated rings. The summed E-state index contributed by atoms with van der Waals surface area (Å²) < 4.78 is 23.7. The molecule has 0 aliphatic heterocycles. The van der Waals surface area contributed by atoms with Crippen molar-refractivity contribution in [1.82, 2.24) is 0 Å². The largest absolute Gasteiger partial charge is 0.394 e. The van der Waals surface area contributed by atoms with Gasteiger partial charge in [-0.05, 0) is 25.0 Å². The number of hydrogen-bond donors (Lipinski definition) is 2. The van der Waals surface area contributed by atoms with Gasteiger partial charge in [0, 0.05) is 11.5 Å². The summed E-state index contributed by atoms with van der Waals surface area (Å²) in [6, 6.07) is 5.74. The van der Waals surface area contributed by atoms with E-state index in [0.717, 1.165) is 12.8 Å². The minimum absolute atomic E-state index is 0.0485. The molecule has 1 aliphatic carbocycles. The smallest absolute Gasteiger partial charge is 0.181 e. The average molecular weight is 284 g/mol. The monoisotopic (exact) mass is 284 g/mol. The van der Waals surface area contributed by atoms with Crippen LogP contribution in [-0.2, 0) is 9.84 Å². The van der Waals surface area contributed by atoms with Gasteiger partial charge in [-0.1, -0.05) is 12.1 Å². The van der Waals surface area contributed by atoms with Crippen LogP contribution in [0.15, 0.2) is 29.2 Å². The Labute approximate surface area is 111 Å². The molecule has 5 nitrogen and oxygen atoms in total. The Bertz CT molecular complexity index is 557. The first kappa shape index (κ1) is 14.2. The van der Waals surface area contributed by atoms with Gasteiger partial charge in [-0.2, -0.15) is 0 Å². The number of benzene rings is 1. The first-order valence-electron chi connectivity index (χ1n) is 6.10. The number of ketones is 1. The van der Waals surface area contributed by atoms with Crippen LogP contribution in [0.5, 0.6) is 0 Å². The van der Waals surface area contributed by atoms with Gasteiger partial charge in [0.2, 0.25) is 0 Å². The third-order valence-corrected chi connectivity index (χ3v) is 4.88. The molecule has 0 aromatic heterocycles. The Morgan fingerprint density at radius 3 is 2.32 bits per heavy atom. The molecule has 1 aromatic carbocycles. The van der Waals surface area contributed by atoms with Crippen LogP contribution in [0.1, 0.15) is 23.2 Å². The number of aliphatic hydroxyl groups is 2. The quantitative estimate of drug-likeness (QED) is 0.738. The van der Waals surface area contributed by atoms with Crippen LogP contribution in [0.3, 0.4) is 0 Å². The second kappa shape index (κ2) is 5.40. The molecule has 19 heavy (non-hydrogen) atoms. The lowest BCUT2D eigenvalue weighted by Crippen LogP contribution is -2.24. The maximum atomic E-state index is 11.9. The normalized spacial score (nSPS) is 17.2. The van der Waals surface area contributed by atoms with Crippen molar-refractivity contribution in [2.24, 2.45) is 5.92 Å². The number of aliphatic hydroxyl groups excluding tert-OH is 2. The number of carbonyl (C=O) groups is 1. The van der Waals surface area contributed by atoms with Crippen LogP contribution in [0.2, 0.25) is 0 Å². The van der Waals surface area contributed by atoms with Gasteiger partial charge in [-0.15, -0.1) is 0 Å². The molecular formula is C13H16O5S. The van der Waals surface area contributed by atoms with Crippen LogP contribution < -0.4 is 0 Å². The molecule has 0 radical (unpaired) electrons. The van der Waals surface area contributed by atoms with E-state index in [4.69, 9.17) is 5.11 Å². The van der Waals surface area contributed by atoms with Crippen molar-refractivity contribution in [2.75, 3.05) is 12.4 Å². The average Bonchev–Trinajstić information content (AvgIpc) is 3.21. The molecule has 6 heteroatoms. The SMILES string of the molecule is O=C(c1ccc(S(=O)(=O)CC(O)CO)cc1)C1CC1. The summed E-state index contributed by atoms with van der Waals surface area (Å²) >= 11 is 0. The van der Waals surface area contributed by atoms with E-state index in [9.17, 15) is 18.3 Å². The van der Waals surface area contributed by atoms with Crippen molar-refractivity contribution in [3.8, 4) is 0 Å². The Morgan fingerprint density at radius 2 is 1.84 bits per heavy atom. The first-order chi connectivity index (χ1) is 8.94. The lowest BCUT2D eigenvalue weighted by Gasteiger charge is -2.08.